The summed E-state index contributed by atoms with van der Waals surface area (Å²) in [6.45, 7) is 4.56. The molecule has 3 N–H and O–H groups in total. The van der Waals surface area contributed by atoms with Gasteiger partial charge in [-0.1, -0.05) is 13.8 Å². The SMILES string of the molecule is CC(C)CNS(=O)(=O)CCN. The Morgan fingerprint density at radius 2 is 2.00 bits per heavy atom. The molecule has 4 nitrogen and oxygen atoms in total. The van der Waals surface area contributed by atoms with Crippen LogP contribution in [-0.4, -0.2) is 27.3 Å². The summed E-state index contributed by atoms with van der Waals surface area (Å²) in [5.74, 6) is 0.349. The predicted octanol–water partition coefficient (Wildman–Crippen LogP) is -0.479. The monoisotopic (exact) mass is 180 g/mol. The Morgan fingerprint density at radius 3 is 2.36 bits per heavy atom. The summed E-state index contributed by atoms with van der Waals surface area (Å²) < 4.78 is 24.3. The van der Waals surface area contributed by atoms with Gasteiger partial charge >= 0.3 is 0 Å². The van der Waals surface area contributed by atoms with E-state index in [4.69, 9.17) is 5.73 Å². The number of nitrogens with two attached hydrogens (primary N) is 1. The summed E-state index contributed by atoms with van der Waals surface area (Å²) in [6.07, 6.45) is 0. The molecule has 0 radical (unpaired) electrons. The minimum Gasteiger partial charge on any atom is -0.329 e. The third-order valence-electron chi connectivity index (χ3n) is 1.10. The fraction of sp³-hybridized carbons (Fsp3) is 1.00. The summed E-state index contributed by atoms with van der Waals surface area (Å²) in [7, 11) is -3.10. The summed E-state index contributed by atoms with van der Waals surface area (Å²) in [6, 6.07) is 0. The lowest BCUT2D eigenvalue weighted by molar-refractivity contribution is 0.560. The Hall–Kier alpha value is -0.130. The van der Waals surface area contributed by atoms with Crippen LogP contribution in [0.15, 0.2) is 0 Å². The standard InChI is InChI=1S/C6H16N2O2S/c1-6(2)5-8-11(9,10)4-3-7/h6,8H,3-5,7H2,1-2H3. The van der Waals surface area contributed by atoms with E-state index in [1.165, 1.54) is 0 Å². The first kappa shape index (κ1) is 10.9. The van der Waals surface area contributed by atoms with Crippen molar-refractivity contribution in [3.05, 3.63) is 0 Å². The zero-order valence-corrected chi connectivity index (χ0v) is 7.82. The Balaban J connectivity index is 3.74. The Kier molecular flexibility index (Phi) is 4.63. The third kappa shape index (κ3) is 6.28. The highest BCUT2D eigenvalue weighted by Crippen LogP contribution is 1.90. The molecule has 0 rings (SSSR count). The van der Waals surface area contributed by atoms with Crippen molar-refractivity contribution < 1.29 is 8.42 Å². The van der Waals surface area contributed by atoms with Gasteiger partial charge in [0.15, 0.2) is 0 Å². The van der Waals surface area contributed by atoms with Crippen molar-refractivity contribution in [2.75, 3.05) is 18.8 Å². The van der Waals surface area contributed by atoms with Crippen molar-refractivity contribution in [1.29, 1.82) is 0 Å². The van der Waals surface area contributed by atoms with Crippen LogP contribution >= 0.6 is 0 Å². The fourth-order valence-corrected chi connectivity index (χ4v) is 1.56. The lowest BCUT2D eigenvalue weighted by atomic mass is 10.2. The van der Waals surface area contributed by atoms with Crippen molar-refractivity contribution in [1.82, 2.24) is 4.72 Å². The fourth-order valence-electron chi connectivity index (χ4n) is 0.521. The maximum atomic E-state index is 10.9. The van der Waals surface area contributed by atoms with Crippen molar-refractivity contribution in [3.63, 3.8) is 0 Å². The molecule has 0 aliphatic heterocycles. The van der Waals surface area contributed by atoms with E-state index in [2.05, 4.69) is 4.72 Å². The lowest BCUT2D eigenvalue weighted by Crippen LogP contribution is -2.32. The van der Waals surface area contributed by atoms with E-state index in [-0.39, 0.29) is 12.3 Å². The first-order valence-corrected chi connectivity index (χ1v) is 5.30. The summed E-state index contributed by atoms with van der Waals surface area (Å²) in [5, 5.41) is 0. The quantitative estimate of drug-likeness (QED) is 0.600. The second-order valence-corrected chi connectivity index (χ2v) is 4.78. The second-order valence-electron chi connectivity index (χ2n) is 2.85. The van der Waals surface area contributed by atoms with Gasteiger partial charge in [-0.25, -0.2) is 13.1 Å². The molecule has 0 amide bonds. The molecule has 0 aromatic carbocycles. The molecule has 68 valence electrons. The molecule has 0 aromatic heterocycles. The molecular formula is C6H16N2O2S. The molecule has 11 heavy (non-hydrogen) atoms. The number of rotatable bonds is 5. The van der Waals surface area contributed by atoms with E-state index in [0.29, 0.717) is 12.5 Å². The molecule has 0 saturated carbocycles. The highest BCUT2D eigenvalue weighted by atomic mass is 32.2. The number of hydrogen-bond donors (Lipinski definition) is 2. The third-order valence-corrected chi connectivity index (χ3v) is 2.48. The van der Waals surface area contributed by atoms with Crippen molar-refractivity contribution in [3.8, 4) is 0 Å². The van der Waals surface area contributed by atoms with E-state index in [1.54, 1.807) is 0 Å². The topological polar surface area (TPSA) is 72.2 Å². The molecule has 0 bridgehead atoms. The van der Waals surface area contributed by atoms with E-state index < -0.39 is 10.0 Å². The zero-order valence-electron chi connectivity index (χ0n) is 7.00. The normalized spacial score (nSPS) is 12.4. The molecule has 0 fully saturated rings. The molecule has 5 heteroatoms. The summed E-state index contributed by atoms with van der Waals surface area (Å²) >= 11 is 0. The van der Waals surface area contributed by atoms with E-state index in [0.717, 1.165) is 0 Å². The van der Waals surface area contributed by atoms with Crippen LogP contribution in [0.1, 0.15) is 13.8 Å². The molecule has 0 saturated heterocycles. The highest BCUT2D eigenvalue weighted by Gasteiger charge is 2.07. The Labute approximate surface area is 68.2 Å². The molecule has 0 spiro atoms. The van der Waals surface area contributed by atoms with Gasteiger partial charge in [0.1, 0.15) is 0 Å². The Morgan fingerprint density at radius 1 is 1.45 bits per heavy atom. The van der Waals surface area contributed by atoms with Gasteiger partial charge in [-0.05, 0) is 5.92 Å². The molecular weight excluding hydrogens is 164 g/mol. The van der Waals surface area contributed by atoms with Gasteiger partial charge < -0.3 is 5.73 Å². The van der Waals surface area contributed by atoms with Crippen LogP contribution in [0.25, 0.3) is 0 Å². The van der Waals surface area contributed by atoms with Gasteiger partial charge in [0.2, 0.25) is 10.0 Å². The molecule has 0 aliphatic rings. The van der Waals surface area contributed by atoms with E-state index >= 15 is 0 Å². The largest absolute Gasteiger partial charge is 0.329 e. The molecule has 0 aromatic rings. The van der Waals surface area contributed by atoms with Crippen molar-refractivity contribution in [2.24, 2.45) is 11.7 Å². The predicted molar refractivity (Wildman–Crippen MR) is 45.7 cm³/mol. The van der Waals surface area contributed by atoms with E-state index in [9.17, 15) is 8.42 Å². The smallest absolute Gasteiger partial charge is 0.212 e. The highest BCUT2D eigenvalue weighted by molar-refractivity contribution is 7.89. The van der Waals surface area contributed by atoms with Crippen LogP contribution in [0.2, 0.25) is 0 Å². The van der Waals surface area contributed by atoms with Crippen LogP contribution in [-0.2, 0) is 10.0 Å². The van der Waals surface area contributed by atoms with Gasteiger partial charge in [0, 0.05) is 13.1 Å². The molecule has 0 heterocycles. The van der Waals surface area contributed by atoms with Gasteiger partial charge in [0.25, 0.3) is 0 Å². The van der Waals surface area contributed by atoms with Crippen LogP contribution < -0.4 is 10.5 Å². The van der Waals surface area contributed by atoms with Crippen molar-refractivity contribution >= 4 is 10.0 Å². The van der Waals surface area contributed by atoms with Gasteiger partial charge in [0.05, 0.1) is 5.75 Å². The van der Waals surface area contributed by atoms with Gasteiger partial charge in [-0.15, -0.1) is 0 Å². The van der Waals surface area contributed by atoms with Crippen LogP contribution in [0, 0.1) is 5.92 Å². The molecule has 0 unspecified atom stereocenters. The molecule has 0 aliphatic carbocycles. The number of nitrogens with one attached hydrogen (secondary N) is 1. The lowest BCUT2D eigenvalue weighted by Gasteiger charge is -2.06. The average Bonchev–Trinajstić information content (AvgIpc) is 1.84. The maximum Gasteiger partial charge on any atom is 0.212 e. The van der Waals surface area contributed by atoms with Crippen molar-refractivity contribution in [2.45, 2.75) is 13.8 Å². The van der Waals surface area contributed by atoms with Crippen LogP contribution in [0.5, 0.6) is 0 Å². The first-order chi connectivity index (χ1) is 4.98. The first-order valence-electron chi connectivity index (χ1n) is 3.65. The van der Waals surface area contributed by atoms with Crippen LogP contribution in [0.3, 0.4) is 0 Å². The van der Waals surface area contributed by atoms with Gasteiger partial charge in [-0.2, -0.15) is 0 Å². The maximum absolute atomic E-state index is 10.9. The minimum absolute atomic E-state index is 0.0136. The average molecular weight is 180 g/mol. The number of hydrogen-bond acceptors (Lipinski definition) is 3. The summed E-state index contributed by atoms with van der Waals surface area (Å²) in [4.78, 5) is 0. The second kappa shape index (κ2) is 4.69. The van der Waals surface area contributed by atoms with Crippen LogP contribution in [0.4, 0.5) is 0 Å². The Bertz CT molecular complexity index is 187. The summed E-state index contributed by atoms with van der Waals surface area (Å²) in [5.41, 5.74) is 5.10. The van der Waals surface area contributed by atoms with E-state index in [1.807, 2.05) is 13.8 Å². The molecule has 0 atom stereocenters. The van der Waals surface area contributed by atoms with Gasteiger partial charge in [-0.3, -0.25) is 0 Å². The minimum atomic E-state index is -3.10. The zero-order chi connectivity index (χ0) is 8.91. The number of sulfonamides is 1.